The molecule has 4 N–H and O–H groups in total. The maximum absolute atomic E-state index is 13.1. The molecule has 0 aliphatic heterocycles. The second kappa shape index (κ2) is 13.0. The van der Waals surface area contributed by atoms with Crippen LogP contribution in [0.2, 0.25) is 0 Å². The summed E-state index contributed by atoms with van der Waals surface area (Å²) in [5, 5.41) is 26.1. The molecule has 5 rings (SSSR count). The number of benzene rings is 3. The van der Waals surface area contributed by atoms with Crippen LogP contribution in [0.25, 0.3) is 22.5 Å². The quantitative estimate of drug-likeness (QED) is 0.120. The predicted octanol–water partition coefficient (Wildman–Crippen LogP) is 2.75. The van der Waals surface area contributed by atoms with Gasteiger partial charge in [0.15, 0.2) is 5.82 Å². The molecule has 0 saturated heterocycles. The average molecular weight is 554 g/mol. The molecule has 3 amide bonds. The Bertz CT molecular complexity index is 1470. The summed E-state index contributed by atoms with van der Waals surface area (Å²) < 4.78 is 0. The van der Waals surface area contributed by atoms with Crippen molar-refractivity contribution in [2.75, 3.05) is 13.1 Å². The molecule has 11 nitrogen and oxygen atoms in total. The van der Waals surface area contributed by atoms with Gasteiger partial charge < -0.3 is 10.2 Å². The molecule has 210 valence electrons. The van der Waals surface area contributed by atoms with E-state index >= 15 is 0 Å². The van der Waals surface area contributed by atoms with Crippen LogP contribution in [-0.4, -0.2) is 61.5 Å². The van der Waals surface area contributed by atoms with Crippen LogP contribution in [0.4, 0.5) is 0 Å². The van der Waals surface area contributed by atoms with Gasteiger partial charge in [0.1, 0.15) is 5.92 Å². The van der Waals surface area contributed by atoms with Crippen LogP contribution in [0.3, 0.4) is 0 Å². The van der Waals surface area contributed by atoms with E-state index < -0.39 is 17.7 Å². The molecular weight excluding hydrogens is 522 g/mol. The number of aromatic nitrogens is 4. The molecule has 1 aliphatic rings. The van der Waals surface area contributed by atoms with Crippen molar-refractivity contribution in [3.8, 4) is 22.5 Å². The van der Waals surface area contributed by atoms with Gasteiger partial charge in [-0.25, -0.2) is 10.6 Å². The molecule has 1 atom stereocenters. The Morgan fingerprint density at radius 2 is 1.61 bits per heavy atom. The third-order valence-electron chi connectivity index (χ3n) is 7.11. The van der Waals surface area contributed by atoms with E-state index in [0.717, 1.165) is 40.7 Å². The van der Waals surface area contributed by atoms with E-state index in [4.69, 9.17) is 5.21 Å². The summed E-state index contributed by atoms with van der Waals surface area (Å²) in [4.78, 5) is 39.9. The highest BCUT2D eigenvalue weighted by molar-refractivity contribution is 6.00. The van der Waals surface area contributed by atoms with E-state index in [1.807, 2.05) is 78.9 Å². The maximum Gasteiger partial charge on any atom is 0.256 e. The van der Waals surface area contributed by atoms with E-state index in [1.54, 1.807) is 10.4 Å². The van der Waals surface area contributed by atoms with E-state index in [1.165, 1.54) is 0 Å². The molecule has 0 radical (unpaired) electrons. The molecule has 1 unspecified atom stereocenters. The molecule has 1 heterocycles. The number of nitrogens with one attached hydrogen (secondary N) is 3. The van der Waals surface area contributed by atoms with Crippen molar-refractivity contribution < 1.29 is 19.6 Å². The second-order valence-corrected chi connectivity index (χ2v) is 10.0. The highest BCUT2D eigenvalue weighted by Gasteiger charge is 2.33. The summed E-state index contributed by atoms with van der Waals surface area (Å²) in [5.74, 6) is -1.74. The first-order chi connectivity index (χ1) is 20.0. The summed E-state index contributed by atoms with van der Waals surface area (Å²) in [6.45, 7) is 0.866. The molecule has 11 heteroatoms. The number of carbonyl (C=O) groups is 3. The normalized spacial score (nSPS) is 13.3. The van der Waals surface area contributed by atoms with Gasteiger partial charge in [0.05, 0.1) is 0 Å². The van der Waals surface area contributed by atoms with Gasteiger partial charge >= 0.3 is 0 Å². The molecule has 1 saturated carbocycles. The summed E-state index contributed by atoms with van der Waals surface area (Å²) in [6, 6.07) is 24.9. The lowest BCUT2D eigenvalue weighted by atomic mass is 9.98. The van der Waals surface area contributed by atoms with Gasteiger partial charge in [-0.3, -0.25) is 19.6 Å². The SMILES string of the molecule is O=C(NO)C(Cc1ccccc1)C(=O)NCCN(Cc1ccc(-c2ccccc2-c2nnn[nH]2)cc1)C(=O)C1CC1. The van der Waals surface area contributed by atoms with E-state index in [-0.39, 0.29) is 24.8 Å². The fraction of sp³-hybridized carbons (Fsp3) is 0.267. The third-order valence-corrected chi connectivity index (χ3v) is 7.11. The van der Waals surface area contributed by atoms with Gasteiger partial charge in [-0.05, 0) is 51.9 Å². The number of tetrazole rings is 1. The topological polar surface area (TPSA) is 153 Å². The minimum Gasteiger partial charge on any atom is -0.354 e. The van der Waals surface area contributed by atoms with E-state index in [9.17, 15) is 14.4 Å². The van der Waals surface area contributed by atoms with Crippen molar-refractivity contribution in [2.24, 2.45) is 11.8 Å². The molecule has 0 bridgehead atoms. The Kier molecular flexibility index (Phi) is 8.75. The van der Waals surface area contributed by atoms with Gasteiger partial charge in [-0.2, -0.15) is 0 Å². The molecule has 41 heavy (non-hydrogen) atoms. The third kappa shape index (κ3) is 7.00. The summed E-state index contributed by atoms with van der Waals surface area (Å²) in [7, 11) is 0. The Morgan fingerprint density at radius 1 is 0.902 bits per heavy atom. The summed E-state index contributed by atoms with van der Waals surface area (Å²) >= 11 is 0. The number of carbonyl (C=O) groups excluding carboxylic acids is 3. The number of hydrogen-bond donors (Lipinski definition) is 4. The average Bonchev–Trinajstić information content (AvgIpc) is 3.72. The Balaban J connectivity index is 1.23. The first kappa shape index (κ1) is 27.7. The first-order valence-electron chi connectivity index (χ1n) is 13.5. The largest absolute Gasteiger partial charge is 0.354 e. The van der Waals surface area contributed by atoms with Crippen molar-refractivity contribution in [1.82, 2.24) is 36.3 Å². The highest BCUT2D eigenvalue weighted by atomic mass is 16.5. The van der Waals surface area contributed by atoms with Crippen LogP contribution in [0.5, 0.6) is 0 Å². The minimum absolute atomic E-state index is 0.0124. The van der Waals surface area contributed by atoms with Crippen molar-refractivity contribution in [2.45, 2.75) is 25.8 Å². The fourth-order valence-corrected chi connectivity index (χ4v) is 4.75. The lowest BCUT2D eigenvalue weighted by Crippen LogP contribution is -2.44. The Labute approximate surface area is 236 Å². The number of nitrogens with zero attached hydrogens (tertiary/aromatic N) is 4. The zero-order valence-corrected chi connectivity index (χ0v) is 22.4. The number of hydroxylamine groups is 1. The number of aromatic amines is 1. The van der Waals surface area contributed by atoms with Crippen LogP contribution in [-0.2, 0) is 27.3 Å². The van der Waals surface area contributed by atoms with E-state index in [0.29, 0.717) is 18.9 Å². The minimum atomic E-state index is -1.10. The van der Waals surface area contributed by atoms with Crippen molar-refractivity contribution in [3.63, 3.8) is 0 Å². The molecule has 3 aromatic carbocycles. The lowest BCUT2D eigenvalue weighted by Gasteiger charge is -2.24. The van der Waals surface area contributed by atoms with Gasteiger partial charge in [-0.15, -0.1) is 5.10 Å². The lowest BCUT2D eigenvalue weighted by molar-refractivity contribution is -0.141. The van der Waals surface area contributed by atoms with Gasteiger partial charge in [0.2, 0.25) is 11.8 Å². The first-order valence-corrected chi connectivity index (χ1v) is 13.5. The smallest absolute Gasteiger partial charge is 0.256 e. The zero-order chi connectivity index (χ0) is 28.6. The van der Waals surface area contributed by atoms with Crippen LogP contribution < -0.4 is 10.8 Å². The molecular formula is C30H31N7O4. The Morgan fingerprint density at radius 3 is 2.27 bits per heavy atom. The van der Waals surface area contributed by atoms with Crippen molar-refractivity contribution in [1.29, 1.82) is 0 Å². The number of rotatable bonds is 12. The van der Waals surface area contributed by atoms with Crippen molar-refractivity contribution in [3.05, 3.63) is 90.0 Å². The van der Waals surface area contributed by atoms with Crippen LogP contribution in [0.15, 0.2) is 78.9 Å². The monoisotopic (exact) mass is 553 g/mol. The summed E-state index contributed by atoms with van der Waals surface area (Å²) in [6.07, 6.45) is 1.87. The van der Waals surface area contributed by atoms with Gasteiger partial charge in [0.25, 0.3) is 5.91 Å². The fourth-order valence-electron chi connectivity index (χ4n) is 4.75. The second-order valence-electron chi connectivity index (χ2n) is 10.0. The molecule has 4 aromatic rings. The molecule has 1 fully saturated rings. The molecule has 0 spiro atoms. The van der Waals surface area contributed by atoms with Gasteiger partial charge in [0, 0.05) is 31.1 Å². The summed E-state index contributed by atoms with van der Waals surface area (Å²) in [5.41, 5.74) is 6.18. The highest BCUT2D eigenvalue weighted by Crippen LogP contribution is 2.32. The van der Waals surface area contributed by atoms with Crippen LogP contribution in [0, 0.1) is 11.8 Å². The zero-order valence-electron chi connectivity index (χ0n) is 22.4. The maximum atomic E-state index is 13.1. The van der Waals surface area contributed by atoms with Crippen LogP contribution >= 0.6 is 0 Å². The van der Waals surface area contributed by atoms with Crippen molar-refractivity contribution >= 4 is 17.7 Å². The predicted molar refractivity (Wildman–Crippen MR) is 150 cm³/mol. The standard InChI is InChI=1S/C30H31N7O4/c38-28(26(29(39)34-41)18-20-6-2-1-3-7-20)31-16-17-37(30(40)23-14-15-23)19-21-10-12-22(13-11-21)24-8-4-5-9-25(24)27-32-35-36-33-27/h1-13,23,26,41H,14-19H2,(H,31,38)(H,34,39)(H,32,33,35,36). The number of hydrogen-bond acceptors (Lipinski definition) is 7. The molecule has 1 aromatic heterocycles. The molecule has 1 aliphatic carbocycles. The van der Waals surface area contributed by atoms with Crippen LogP contribution in [0.1, 0.15) is 24.0 Å². The van der Waals surface area contributed by atoms with Gasteiger partial charge in [-0.1, -0.05) is 78.9 Å². The van der Waals surface area contributed by atoms with E-state index in [2.05, 4.69) is 25.9 Å². The Hall–Kier alpha value is -4.90. The number of H-pyrrole nitrogens is 1. The number of amides is 3.